The zero-order chi connectivity index (χ0) is 14.7. The zero-order valence-electron chi connectivity index (χ0n) is 11.5. The van der Waals surface area contributed by atoms with Crippen LogP contribution < -0.4 is 0 Å². The SMILES string of the molecule is O=C(CCc1cncnc1)N1CCn2nnc(CO)c2C1. The second-order valence-electron chi connectivity index (χ2n) is 4.93. The number of fused-ring (bicyclic) bond motifs is 1. The molecule has 0 aliphatic carbocycles. The van der Waals surface area contributed by atoms with E-state index < -0.39 is 0 Å². The molecular weight excluding hydrogens is 272 g/mol. The maximum Gasteiger partial charge on any atom is 0.223 e. The van der Waals surface area contributed by atoms with Gasteiger partial charge in [-0.15, -0.1) is 5.10 Å². The highest BCUT2D eigenvalue weighted by Crippen LogP contribution is 2.16. The first-order valence-corrected chi connectivity index (χ1v) is 6.81. The van der Waals surface area contributed by atoms with Crippen LogP contribution in [0.25, 0.3) is 0 Å². The van der Waals surface area contributed by atoms with E-state index >= 15 is 0 Å². The molecule has 0 saturated heterocycles. The number of hydrogen-bond donors (Lipinski definition) is 1. The fourth-order valence-electron chi connectivity index (χ4n) is 2.40. The number of amides is 1. The van der Waals surface area contributed by atoms with Crippen LogP contribution in [0.4, 0.5) is 0 Å². The first-order chi connectivity index (χ1) is 10.3. The van der Waals surface area contributed by atoms with Crippen molar-refractivity contribution in [2.45, 2.75) is 32.5 Å². The molecule has 8 heteroatoms. The second kappa shape index (κ2) is 5.96. The van der Waals surface area contributed by atoms with Crippen molar-refractivity contribution in [3.05, 3.63) is 35.7 Å². The Bertz CT molecular complexity index is 613. The quantitative estimate of drug-likeness (QED) is 0.817. The standard InChI is InChI=1S/C13H16N6O2/c20-8-11-12-7-18(3-4-19(12)17-16-11)13(21)2-1-10-5-14-9-15-6-10/h5-6,9,20H,1-4,7-8H2. The molecule has 8 nitrogen and oxygen atoms in total. The van der Waals surface area contributed by atoms with Crippen LogP contribution in [-0.2, 0) is 30.9 Å². The van der Waals surface area contributed by atoms with Crippen LogP contribution in [-0.4, -0.2) is 47.4 Å². The summed E-state index contributed by atoms with van der Waals surface area (Å²) in [6.07, 6.45) is 5.96. The van der Waals surface area contributed by atoms with Crippen LogP contribution in [0.5, 0.6) is 0 Å². The summed E-state index contributed by atoms with van der Waals surface area (Å²) in [5, 5.41) is 17.1. The molecule has 1 amide bonds. The van der Waals surface area contributed by atoms with Crippen molar-refractivity contribution in [2.75, 3.05) is 6.54 Å². The minimum Gasteiger partial charge on any atom is -0.390 e. The molecule has 2 aromatic heterocycles. The van der Waals surface area contributed by atoms with E-state index in [9.17, 15) is 9.90 Å². The van der Waals surface area contributed by atoms with E-state index in [1.54, 1.807) is 22.0 Å². The molecule has 3 rings (SSSR count). The van der Waals surface area contributed by atoms with E-state index in [1.807, 2.05) is 0 Å². The molecule has 0 fully saturated rings. The molecule has 0 radical (unpaired) electrons. The summed E-state index contributed by atoms with van der Waals surface area (Å²) in [5.41, 5.74) is 2.31. The third-order valence-electron chi connectivity index (χ3n) is 3.58. The smallest absolute Gasteiger partial charge is 0.223 e. The van der Waals surface area contributed by atoms with Gasteiger partial charge in [0.15, 0.2) is 0 Å². The largest absolute Gasteiger partial charge is 0.390 e. The third-order valence-corrected chi connectivity index (χ3v) is 3.58. The molecule has 0 bridgehead atoms. The molecule has 1 N–H and O–H groups in total. The molecule has 0 atom stereocenters. The summed E-state index contributed by atoms with van der Waals surface area (Å²) < 4.78 is 1.75. The normalized spacial score (nSPS) is 14.0. The predicted molar refractivity (Wildman–Crippen MR) is 71.7 cm³/mol. The van der Waals surface area contributed by atoms with Crippen LogP contribution in [0.15, 0.2) is 18.7 Å². The number of carbonyl (C=O) groups is 1. The highest BCUT2D eigenvalue weighted by Gasteiger charge is 2.24. The number of hydrogen-bond acceptors (Lipinski definition) is 6. The first-order valence-electron chi connectivity index (χ1n) is 6.81. The lowest BCUT2D eigenvalue weighted by molar-refractivity contribution is -0.132. The Morgan fingerprint density at radius 2 is 2.10 bits per heavy atom. The van der Waals surface area contributed by atoms with Gasteiger partial charge in [0, 0.05) is 25.4 Å². The van der Waals surface area contributed by atoms with Crippen LogP contribution in [0.1, 0.15) is 23.4 Å². The summed E-state index contributed by atoms with van der Waals surface area (Å²) in [6, 6.07) is 0. The van der Waals surface area contributed by atoms with Gasteiger partial charge in [-0.3, -0.25) is 4.79 Å². The van der Waals surface area contributed by atoms with E-state index in [2.05, 4.69) is 20.3 Å². The highest BCUT2D eigenvalue weighted by molar-refractivity contribution is 5.76. The fourth-order valence-corrected chi connectivity index (χ4v) is 2.40. The van der Waals surface area contributed by atoms with Crippen molar-refractivity contribution in [1.82, 2.24) is 29.9 Å². The lowest BCUT2D eigenvalue weighted by Gasteiger charge is -2.27. The Hall–Kier alpha value is -2.35. The van der Waals surface area contributed by atoms with Gasteiger partial charge in [0.05, 0.1) is 25.4 Å². The van der Waals surface area contributed by atoms with Crippen LogP contribution >= 0.6 is 0 Å². The van der Waals surface area contributed by atoms with Gasteiger partial charge in [0.25, 0.3) is 0 Å². The van der Waals surface area contributed by atoms with Crippen LogP contribution in [0, 0.1) is 0 Å². The molecule has 3 heterocycles. The van der Waals surface area contributed by atoms with Gasteiger partial charge in [-0.05, 0) is 12.0 Å². The molecule has 0 saturated carbocycles. The van der Waals surface area contributed by atoms with Gasteiger partial charge in [-0.25, -0.2) is 14.6 Å². The molecular formula is C13H16N6O2. The Balaban J connectivity index is 1.61. The van der Waals surface area contributed by atoms with E-state index in [-0.39, 0.29) is 12.5 Å². The first kappa shape index (κ1) is 13.6. The number of rotatable bonds is 4. The monoisotopic (exact) mass is 288 g/mol. The van der Waals surface area contributed by atoms with Gasteiger partial charge in [-0.1, -0.05) is 5.21 Å². The molecule has 0 spiro atoms. The number of aromatic nitrogens is 5. The predicted octanol–water partition coefficient (Wildman–Crippen LogP) is -0.465. The number of aliphatic hydroxyl groups is 1. The van der Waals surface area contributed by atoms with Crippen LogP contribution in [0.2, 0.25) is 0 Å². The summed E-state index contributed by atoms with van der Waals surface area (Å²) in [5.74, 6) is 0.0789. The number of carbonyl (C=O) groups excluding carboxylic acids is 1. The summed E-state index contributed by atoms with van der Waals surface area (Å²) in [6.45, 7) is 1.53. The summed E-state index contributed by atoms with van der Waals surface area (Å²) in [4.78, 5) is 21.9. The Labute approximate surface area is 121 Å². The van der Waals surface area contributed by atoms with Crippen molar-refractivity contribution in [3.8, 4) is 0 Å². The number of aliphatic hydroxyl groups excluding tert-OH is 1. The van der Waals surface area contributed by atoms with Crippen molar-refractivity contribution >= 4 is 5.91 Å². The Morgan fingerprint density at radius 3 is 2.86 bits per heavy atom. The van der Waals surface area contributed by atoms with Crippen molar-refractivity contribution in [2.24, 2.45) is 0 Å². The fraction of sp³-hybridized carbons (Fsp3) is 0.462. The van der Waals surface area contributed by atoms with Crippen LogP contribution in [0.3, 0.4) is 0 Å². The molecule has 2 aromatic rings. The summed E-state index contributed by atoms with van der Waals surface area (Å²) >= 11 is 0. The Morgan fingerprint density at radius 1 is 1.29 bits per heavy atom. The van der Waals surface area contributed by atoms with Crippen molar-refractivity contribution < 1.29 is 9.90 Å². The van der Waals surface area contributed by atoms with Crippen molar-refractivity contribution in [1.29, 1.82) is 0 Å². The minimum absolute atomic E-state index is 0.0789. The molecule has 1 aliphatic rings. The van der Waals surface area contributed by atoms with Gasteiger partial charge < -0.3 is 10.0 Å². The minimum atomic E-state index is -0.154. The zero-order valence-corrected chi connectivity index (χ0v) is 11.5. The molecule has 1 aliphatic heterocycles. The van der Waals surface area contributed by atoms with Gasteiger partial charge in [0.2, 0.25) is 5.91 Å². The lowest BCUT2D eigenvalue weighted by Crippen LogP contribution is -2.38. The third kappa shape index (κ3) is 2.89. The molecule has 0 unspecified atom stereocenters. The van der Waals surface area contributed by atoms with E-state index in [0.717, 1.165) is 11.3 Å². The average Bonchev–Trinajstić information content (AvgIpc) is 2.95. The lowest BCUT2D eigenvalue weighted by atomic mass is 10.1. The van der Waals surface area contributed by atoms with Gasteiger partial charge in [-0.2, -0.15) is 0 Å². The second-order valence-corrected chi connectivity index (χ2v) is 4.93. The highest BCUT2D eigenvalue weighted by atomic mass is 16.3. The van der Waals surface area contributed by atoms with Crippen molar-refractivity contribution in [3.63, 3.8) is 0 Å². The number of aryl methyl sites for hydroxylation is 1. The number of nitrogens with zero attached hydrogens (tertiary/aromatic N) is 6. The molecule has 110 valence electrons. The topological polar surface area (TPSA) is 97.0 Å². The average molecular weight is 288 g/mol. The molecule has 0 aromatic carbocycles. The van der Waals surface area contributed by atoms with E-state index in [0.29, 0.717) is 38.2 Å². The maximum absolute atomic E-state index is 12.3. The maximum atomic E-state index is 12.3. The molecule has 21 heavy (non-hydrogen) atoms. The van der Waals surface area contributed by atoms with E-state index in [1.165, 1.54) is 6.33 Å². The van der Waals surface area contributed by atoms with Gasteiger partial charge in [0.1, 0.15) is 12.0 Å². The van der Waals surface area contributed by atoms with Gasteiger partial charge >= 0.3 is 0 Å². The van der Waals surface area contributed by atoms with E-state index in [4.69, 9.17) is 0 Å². The summed E-state index contributed by atoms with van der Waals surface area (Å²) in [7, 11) is 0. The Kier molecular flexibility index (Phi) is 3.87.